The molecule has 0 radical (unpaired) electrons. The van der Waals surface area contributed by atoms with Crippen LogP contribution in [0.4, 0.5) is 22.0 Å². The third kappa shape index (κ3) is 7.69. The number of aliphatic imine (C=N–C) groups is 1. The number of para-hydroxylation sites is 2. The maximum absolute atomic E-state index is 14.0. The molecule has 2 amide bonds. The largest absolute Gasteiger partial charge is 0.421 e. The van der Waals surface area contributed by atoms with Gasteiger partial charge in [-0.25, -0.2) is 19.7 Å². The predicted molar refractivity (Wildman–Crippen MR) is 214 cm³/mol. The van der Waals surface area contributed by atoms with E-state index in [0.717, 1.165) is 10.4 Å². The summed E-state index contributed by atoms with van der Waals surface area (Å²) in [6.07, 6.45) is -2.06. The number of aliphatic hydroxyl groups is 1. The average molecular weight is 759 g/mol. The molecule has 13 heteroatoms. The first kappa shape index (κ1) is 37.7. The summed E-state index contributed by atoms with van der Waals surface area (Å²) in [6.45, 7) is 8.50. The molecule has 3 heterocycles. The first-order valence-corrected chi connectivity index (χ1v) is 20.4. The van der Waals surface area contributed by atoms with Crippen molar-refractivity contribution in [3.8, 4) is 0 Å². The van der Waals surface area contributed by atoms with E-state index in [1.807, 2.05) is 97.1 Å². The number of hydrogen-bond acceptors (Lipinski definition) is 9. The van der Waals surface area contributed by atoms with Crippen LogP contribution in [0.25, 0.3) is 0 Å². The van der Waals surface area contributed by atoms with Crippen LogP contribution in [0.5, 0.6) is 0 Å². The topological polar surface area (TPSA) is 140 Å². The molecule has 2 aliphatic heterocycles. The number of rotatable bonds is 10. The Morgan fingerprint density at radius 1 is 0.909 bits per heavy atom. The number of carbonyl (C=O) groups is 2. The van der Waals surface area contributed by atoms with Crippen LogP contribution in [-0.4, -0.2) is 59.7 Å². The molecule has 3 N–H and O–H groups in total. The normalized spacial score (nSPS) is 19.5. The molecule has 2 aliphatic rings. The van der Waals surface area contributed by atoms with Gasteiger partial charge in [0.15, 0.2) is 0 Å². The summed E-state index contributed by atoms with van der Waals surface area (Å²) in [4.78, 5) is 37.2. The number of anilines is 3. The van der Waals surface area contributed by atoms with E-state index in [1.54, 1.807) is 17.8 Å². The number of amides is 2. The number of nitrogens with one attached hydrogen (secondary N) is 2. The van der Waals surface area contributed by atoms with Gasteiger partial charge < -0.3 is 24.3 Å². The van der Waals surface area contributed by atoms with Gasteiger partial charge in [0.05, 0.1) is 30.4 Å². The molecule has 0 spiro atoms. The average Bonchev–Trinajstić information content (AvgIpc) is 3.79. The molecule has 4 aromatic carbocycles. The van der Waals surface area contributed by atoms with Crippen molar-refractivity contribution in [2.75, 3.05) is 16.8 Å². The fourth-order valence-electron chi connectivity index (χ4n) is 7.26. The molecule has 4 atom stereocenters. The number of ether oxygens (including phenoxy) is 2. The number of guanidine groups is 1. The minimum atomic E-state index is -2.90. The Morgan fingerprint density at radius 2 is 1.45 bits per heavy atom. The zero-order valence-corrected chi connectivity index (χ0v) is 32.3. The fourth-order valence-corrected chi connectivity index (χ4v) is 11.8. The highest BCUT2D eigenvalue weighted by Gasteiger charge is 2.51. The van der Waals surface area contributed by atoms with Crippen molar-refractivity contribution in [3.05, 3.63) is 133 Å². The van der Waals surface area contributed by atoms with Crippen LogP contribution in [-0.2, 0) is 18.7 Å². The number of nitrogens with zero attached hydrogens (tertiary/aromatic N) is 4. The molecule has 284 valence electrons. The van der Waals surface area contributed by atoms with Gasteiger partial charge in [-0.3, -0.25) is 14.7 Å². The van der Waals surface area contributed by atoms with Crippen LogP contribution in [0.1, 0.15) is 58.7 Å². The second-order valence-corrected chi connectivity index (χ2v) is 18.8. The molecule has 0 bridgehead atoms. The van der Waals surface area contributed by atoms with Gasteiger partial charge in [-0.2, -0.15) is 0 Å². The Morgan fingerprint density at radius 3 is 1.98 bits per heavy atom. The second-order valence-electron chi connectivity index (χ2n) is 14.5. The van der Waals surface area contributed by atoms with E-state index < -0.39 is 39.1 Å². The molecule has 5 aromatic rings. The number of hydrogen-bond donors (Lipinski definition) is 3. The van der Waals surface area contributed by atoms with E-state index in [4.69, 9.17) is 13.9 Å². The van der Waals surface area contributed by atoms with Crippen molar-refractivity contribution < 1.29 is 28.6 Å². The Bertz CT molecular complexity index is 2030. The molecule has 7 rings (SSSR count). The number of imidazole rings is 1. The minimum absolute atomic E-state index is 0.0926. The Labute approximate surface area is 321 Å². The molecular weight excluding hydrogens is 713 g/mol. The van der Waals surface area contributed by atoms with Crippen LogP contribution < -0.4 is 25.9 Å². The Hall–Kier alpha value is -5.60. The lowest BCUT2D eigenvalue weighted by molar-refractivity contribution is -0.119. The molecule has 1 saturated heterocycles. The van der Waals surface area contributed by atoms with Crippen molar-refractivity contribution in [2.24, 2.45) is 4.99 Å². The van der Waals surface area contributed by atoms with Gasteiger partial charge in [0, 0.05) is 12.8 Å². The van der Waals surface area contributed by atoms with Crippen molar-refractivity contribution in [2.45, 2.75) is 70.2 Å². The molecule has 0 saturated carbocycles. The van der Waals surface area contributed by atoms with E-state index >= 15 is 0 Å². The lowest BCUT2D eigenvalue weighted by Gasteiger charge is -2.43. The van der Waals surface area contributed by atoms with E-state index in [2.05, 4.69) is 65.6 Å². The summed E-state index contributed by atoms with van der Waals surface area (Å²) in [5.74, 6) is 0.222. The first-order chi connectivity index (χ1) is 26.6. The highest BCUT2D eigenvalue weighted by atomic mass is 28.4. The Kier molecular flexibility index (Phi) is 11.0. The van der Waals surface area contributed by atoms with Crippen LogP contribution in [0.15, 0.2) is 133 Å². The van der Waals surface area contributed by atoms with Gasteiger partial charge in [-0.15, -0.1) is 0 Å². The molecule has 0 aliphatic carbocycles. The standard InChI is InChI=1S/C42H46N6O6Si/c1-5-35(50)44-40-45-38-37(39(46-40)54-41(51)48(29-18-10-6-11-19-29)30-20-12-7-13-21-30)43-28-47(38)36-26-33(49)34(53-36)27-52-55(42(2,3)4,31-22-14-8-15-23-31)32-24-16-9-17-25-32/h6-25,28,33-34,36,39,49H,5,26-27H2,1-4H3,(H2,44,45,46,50)/t33-,34+,36+,39?/m0/s1. The SMILES string of the molecule is CCC(=O)NC1=NC(OC(=O)N(c2ccccc2)c2ccccc2)c2ncn([C@H]3C[C@H](O)[C@@H](CO[Si](c4ccccc4)(c4ccccc4)C(C)(C)C)O3)c2N1. The maximum atomic E-state index is 14.0. The van der Waals surface area contributed by atoms with Crippen molar-refractivity contribution in [1.29, 1.82) is 0 Å². The van der Waals surface area contributed by atoms with Crippen molar-refractivity contribution >= 4 is 53.8 Å². The number of benzene rings is 4. The summed E-state index contributed by atoms with van der Waals surface area (Å²) in [5, 5.41) is 19.4. The van der Waals surface area contributed by atoms with Gasteiger partial charge in [-0.05, 0) is 39.7 Å². The lowest BCUT2D eigenvalue weighted by Crippen LogP contribution is -2.67. The second kappa shape index (κ2) is 16.0. The van der Waals surface area contributed by atoms with Crippen LogP contribution in [0.3, 0.4) is 0 Å². The molecular formula is C42H46N6O6Si. The van der Waals surface area contributed by atoms with Gasteiger partial charge in [0.2, 0.25) is 18.1 Å². The van der Waals surface area contributed by atoms with Gasteiger partial charge in [0.25, 0.3) is 8.32 Å². The van der Waals surface area contributed by atoms with E-state index in [9.17, 15) is 14.7 Å². The molecule has 55 heavy (non-hydrogen) atoms. The zero-order valence-electron chi connectivity index (χ0n) is 31.3. The molecule has 1 fully saturated rings. The number of aliphatic hydroxyl groups excluding tert-OH is 1. The Balaban J connectivity index is 1.16. The molecule has 1 aromatic heterocycles. The fraction of sp³-hybridized carbons (Fsp3) is 0.286. The number of aromatic nitrogens is 2. The van der Waals surface area contributed by atoms with Gasteiger partial charge in [-0.1, -0.05) is 125 Å². The maximum Gasteiger partial charge on any atom is 0.421 e. The summed E-state index contributed by atoms with van der Waals surface area (Å²) in [5.41, 5.74) is 1.51. The van der Waals surface area contributed by atoms with E-state index in [-0.39, 0.29) is 36.4 Å². The van der Waals surface area contributed by atoms with Crippen LogP contribution >= 0.6 is 0 Å². The quantitative estimate of drug-likeness (QED) is 0.139. The van der Waals surface area contributed by atoms with E-state index in [1.165, 1.54) is 4.90 Å². The smallest absolute Gasteiger partial charge is 0.417 e. The minimum Gasteiger partial charge on any atom is -0.417 e. The number of fused-ring (bicyclic) bond motifs is 1. The van der Waals surface area contributed by atoms with Crippen LogP contribution in [0.2, 0.25) is 5.04 Å². The monoisotopic (exact) mass is 758 g/mol. The van der Waals surface area contributed by atoms with E-state index in [0.29, 0.717) is 22.9 Å². The van der Waals surface area contributed by atoms with Gasteiger partial charge in [0.1, 0.15) is 23.8 Å². The predicted octanol–water partition coefficient (Wildman–Crippen LogP) is 6.39. The third-order valence-corrected chi connectivity index (χ3v) is 14.9. The summed E-state index contributed by atoms with van der Waals surface area (Å²) >= 11 is 0. The highest BCUT2D eigenvalue weighted by molar-refractivity contribution is 6.99. The summed E-state index contributed by atoms with van der Waals surface area (Å²) < 4.78 is 21.5. The number of carbonyl (C=O) groups excluding carboxylic acids is 2. The van der Waals surface area contributed by atoms with Crippen molar-refractivity contribution in [1.82, 2.24) is 14.9 Å². The molecule has 12 nitrogen and oxygen atoms in total. The van der Waals surface area contributed by atoms with Crippen molar-refractivity contribution in [3.63, 3.8) is 0 Å². The molecule has 1 unspecified atom stereocenters. The van der Waals surface area contributed by atoms with Crippen LogP contribution in [0, 0.1) is 0 Å². The zero-order chi connectivity index (χ0) is 38.6. The third-order valence-electron chi connectivity index (χ3n) is 9.94. The highest BCUT2D eigenvalue weighted by Crippen LogP contribution is 2.40. The lowest BCUT2D eigenvalue weighted by atomic mass is 10.2. The summed E-state index contributed by atoms with van der Waals surface area (Å²) in [7, 11) is -2.90. The first-order valence-electron chi connectivity index (χ1n) is 18.5. The van der Waals surface area contributed by atoms with Gasteiger partial charge >= 0.3 is 6.09 Å². The summed E-state index contributed by atoms with van der Waals surface area (Å²) in [6, 6.07) is 39.0.